The number of nitrogens with zero attached hydrogens (tertiary/aromatic N) is 4. The molecule has 0 saturated heterocycles. The van der Waals surface area contributed by atoms with E-state index >= 15 is 0 Å². The minimum absolute atomic E-state index is 0. The first kappa shape index (κ1) is 118. The van der Waals surface area contributed by atoms with Gasteiger partial charge in [0.05, 0.1) is 12.2 Å². The standard InChI is InChI=1S/C22H27N3O3.C19H23BrN2O2.C8H18.C4H6O.2C4H5O.10C4H9.ClH.Li.3Sn/c1-25-19(26)22(24-20(25)23)18-13-15(5-4-12-27-2)6-7-16(18)14-21(22)10-8-17(28-3)9-11-21;1-12-21-19(17(23)22(12)2)16-10-14(20)5-4-13(16)11-18(19)8-6-15(24-3)7-9-18;1-3-5-7-8-6-4-2;3*1-3-4-5-2;10*1-3-4-2;;;;;/h6-7,13,17H,8-12,14H2,1-3H3,(H2,23,24);4-5,10,15H,6-9,11H2,1-3H3;3-8H2,1-2H3;1H,4H2,2H3;2*4H2,2H3;10*1,3-4H2,2H3;1H;;;;/q;;;;;;;;;;;;;;;-1;;+1;;;+1/p-1. The van der Waals surface area contributed by atoms with Crippen molar-refractivity contribution < 1.29 is 56.9 Å². The zero-order chi connectivity index (χ0) is 89.1. The molecule has 678 valence electrons. The Morgan fingerprint density at radius 1 is 0.492 bits per heavy atom. The summed E-state index contributed by atoms with van der Waals surface area (Å²) in [5.41, 5.74) is 9.46. The van der Waals surface area contributed by atoms with Crippen LogP contribution >= 0.6 is 24.9 Å². The minimum atomic E-state index is -2.16. The Morgan fingerprint density at radius 3 is 1.12 bits per heavy atom. The van der Waals surface area contributed by atoms with Crippen LogP contribution in [0.15, 0.2) is 50.9 Å². The van der Waals surface area contributed by atoms with E-state index in [9.17, 15) is 9.59 Å². The number of rotatable bonds is 39. The second kappa shape index (κ2) is 68.4. The number of halogens is 2. The Morgan fingerprint density at radius 2 is 0.825 bits per heavy atom. The Bertz CT molecular complexity index is 3270. The van der Waals surface area contributed by atoms with Crippen LogP contribution in [-0.4, -0.2) is 183 Å². The molecule has 2 amide bonds. The van der Waals surface area contributed by atoms with Crippen LogP contribution in [0.25, 0.3) is 0 Å². The predicted octanol–water partition coefficient (Wildman–Crippen LogP) is 23.3. The van der Waals surface area contributed by atoms with Gasteiger partial charge in [0.2, 0.25) is 0 Å². The fourth-order valence-electron chi connectivity index (χ4n) is 17.8. The van der Waals surface area contributed by atoms with Crippen LogP contribution in [0.4, 0.5) is 0 Å². The number of unbranched alkanes of at least 4 members (excludes halogenated alkanes) is 15. The third-order valence-corrected chi connectivity index (χ3v) is 66.8. The average molecular weight is 2060 g/mol. The summed E-state index contributed by atoms with van der Waals surface area (Å²) < 4.78 is 52.5. The molecule has 2 fully saturated rings. The number of amides is 2. The first-order valence-electron chi connectivity index (χ1n) is 47.1. The van der Waals surface area contributed by atoms with Gasteiger partial charge < -0.3 is 36.5 Å². The van der Waals surface area contributed by atoms with Gasteiger partial charge in [0, 0.05) is 63.4 Å². The number of hydrogen-bond acceptors (Lipinski definition) is 11. The molecule has 2 unspecified atom stereocenters. The van der Waals surface area contributed by atoms with Gasteiger partial charge in [-0.25, -0.2) is 4.99 Å². The van der Waals surface area contributed by atoms with Gasteiger partial charge >= 0.3 is 356 Å². The van der Waals surface area contributed by atoms with Crippen molar-refractivity contribution >= 4 is 102 Å². The normalized spacial score (nSPS) is 20.2. The fourth-order valence-corrected chi connectivity index (χ4v) is 58.1. The number of likely N-dealkylation sites (N-methyl/N-ethyl adjacent to an activating group) is 2. The Hall–Kier alpha value is -1.72. The van der Waals surface area contributed by atoms with Crippen molar-refractivity contribution in [3.05, 3.63) is 75.6 Å². The number of nitrogens with two attached hydrogens (primary N) is 1. The van der Waals surface area contributed by atoms with E-state index in [2.05, 4.69) is 172 Å². The predicted molar refractivity (Wildman–Crippen MR) is 524 cm³/mol. The van der Waals surface area contributed by atoms with E-state index in [4.69, 9.17) is 54.7 Å². The molecule has 2 heterocycles. The molecule has 19 heteroatoms. The van der Waals surface area contributed by atoms with Crippen LogP contribution in [0.1, 0.15) is 336 Å². The third-order valence-electron chi connectivity index (χ3n) is 25.3. The molecule has 2 N–H and O–H groups in total. The Labute approximate surface area is 775 Å². The first-order valence-corrected chi connectivity index (χ1v) is 72.6. The molecule has 4 aliphatic carbocycles. The second-order valence-corrected chi connectivity index (χ2v) is 76.2. The fraction of sp³-hybridized carbons (Fsp3) is 0.752. The van der Waals surface area contributed by atoms with E-state index in [0.29, 0.717) is 38.5 Å². The summed E-state index contributed by atoms with van der Waals surface area (Å²) in [6.45, 7) is 34.9. The van der Waals surface area contributed by atoms with Gasteiger partial charge in [-0.1, -0.05) is 112 Å². The molecule has 0 bridgehead atoms. The number of fused-ring (bicyclic) bond motifs is 6. The minimum Gasteiger partial charge on any atom is -0.381 e. The second-order valence-electron chi connectivity index (χ2n) is 34.5. The van der Waals surface area contributed by atoms with E-state index < -0.39 is 65.1 Å². The van der Waals surface area contributed by atoms with Crippen molar-refractivity contribution in [3.63, 3.8) is 0 Å². The molecule has 2 aromatic carbocycles. The molecule has 0 aromatic heterocycles. The van der Waals surface area contributed by atoms with Crippen molar-refractivity contribution in [2.75, 3.05) is 83.2 Å². The van der Waals surface area contributed by atoms with Crippen molar-refractivity contribution in [2.45, 2.75) is 384 Å². The number of aliphatic imine (C=N–C) groups is 2. The monoisotopic (exact) mass is 2070 g/mol. The number of carbonyl (C=O) groups excluding carboxylic acids is 2. The smallest absolute Gasteiger partial charge is 0.381 e. The quantitative estimate of drug-likeness (QED) is 0.0299. The summed E-state index contributed by atoms with van der Waals surface area (Å²) in [7, 11) is 20.7. The molecule has 2 saturated carbocycles. The number of guanidine groups is 1. The number of ether oxygens (including phenoxy) is 6. The Balaban J connectivity index is 0.00000142. The van der Waals surface area contributed by atoms with E-state index in [0.717, 1.165) is 97.6 Å². The number of terminal acetylenes is 1. The zero-order valence-corrected chi connectivity index (χ0v) is 91.8. The topological polar surface area (TPSA) is 147 Å². The van der Waals surface area contributed by atoms with Gasteiger partial charge in [0.15, 0.2) is 17.0 Å². The van der Waals surface area contributed by atoms with Crippen molar-refractivity contribution in [3.8, 4) is 43.9 Å². The van der Waals surface area contributed by atoms with E-state index in [1.807, 2.05) is 26.1 Å². The van der Waals surface area contributed by atoms with Gasteiger partial charge in [-0.15, -0.1) is 6.42 Å². The maximum Gasteiger partial charge on any atom is 1.00 e. The maximum atomic E-state index is 13.5. The van der Waals surface area contributed by atoms with Gasteiger partial charge in [-0.05, 0) is 118 Å². The number of methoxy groups -OCH3 is 6. The van der Waals surface area contributed by atoms with Gasteiger partial charge in [0.25, 0.3) is 11.8 Å². The Kier molecular flexibility index (Phi) is 67.4. The van der Waals surface area contributed by atoms with Crippen molar-refractivity contribution in [2.24, 2.45) is 26.5 Å². The molecule has 6 aliphatic rings. The van der Waals surface area contributed by atoms with E-state index in [-0.39, 0.29) is 47.6 Å². The maximum absolute atomic E-state index is 13.5. The summed E-state index contributed by atoms with van der Waals surface area (Å²) >= 11 is -2.82. The number of benzene rings is 2. The molecule has 8 rings (SSSR count). The van der Waals surface area contributed by atoms with Gasteiger partial charge in [0.1, 0.15) is 19.0 Å². The number of hydrogen-bond donors (Lipinski definition) is 1. The molecule has 2 atom stereocenters. The van der Waals surface area contributed by atoms with E-state index in [1.165, 1.54) is 216 Å². The molecule has 4 spiro atoms. The zero-order valence-electron chi connectivity index (χ0n) is 80.9. The van der Waals surface area contributed by atoms with Crippen LogP contribution in [-0.2, 0) is 61.9 Å². The summed E-state index contributed by atoms with van der Waals surface area (Å²) in [6, 6.07) is 12.5. The van der Waals surface area contributed by atoms with E-state index in [1.54, 1.807) is 54.6 Å². The van der Waals surface area contributed by atoms with Crippen LogP contribution < -0.4 is 24.6 Å². The summed E-state index contributed by atoms with van der Waals surface area (Å²) in [4.78, 5) is 40.1. The molecule has 13 nitrogen and oxygen atoms in total. The van der Waals surface area contributed by atoms with Crippen LogP contribution in [0.3, 0.4) is 0 Å². The van der Waals surface area contributed by atoms with Gasteiger partial charge in [-0.2, -0.15) is 6.42 Å². The molecule has 0 radical (unpaired) electrons. The SMILES string of the molecule is C#CCOC.CCCCCCCC.CCC[CH2][Sn]([C]#CCOC)([CH2]CCC)[CH2]CCC.CCC[CH2][Sn]([C]#CCOC)([CH2]CCC)[CH2]CCC.CCC[CH2][Sn]([Cl])([CH2]CCC)[CH2]CCC.COC1CCC2(CC1)Cc1ccc(Br)cc1C21N=C(C)N(C)C1=O.COCC#Cc1ccc2c(c1)C1(N=C(N)N(C)C1=O)C1(CCC(OC)CC1)C2.[CH2-]CCC.[Li+]. The van der Waals surface area contributed by atoms with Crippen LogP contribution in [0.2, 0.25) is 39.9 Å². The molecule has 2 aromatic rings. The summed E-state index contributed by atoms with van der Waals surface area (Å²) in [5.74, 6) is 16.3. The first-order chi connectivity index (χ1) is 57.3. The average Bonchev–Trinajstić information content (AvgIpc) is 1.53. The largest absolute Gasteiger partial charge is 1.00 e. The molecule has 2 aliphatic heterocycles. The van der Waals surface area contributed by atoms with Gasteiger partial charge in [-0.3, -0.25) is 19.5 Å². The number of amidine groups is 1. The third kappa shape index (κ3) is 38.5. The molecular formula is C101H174BrClLiN5O8Sn3. The van der Waals surface area contributed by atoms with Crippen molar-refractivity contribution in [1.29, 1.82) is 0 Å². The van der Waals surface area contributed by atoms with Crippen LogP contribution in [0, 0.1) is 61.7 Å². The molecule has 120 heavy (non-hydrogen) atoms. The summed E-state index contributed by atoms with van der Waals surface area (Å²) in [5, 5.41) is 0. The number of carbonyl (C=O) groups is 2. The summed E-state index contributed by atoms with van der Waals surface area (Å²) in [6.07, 6.45) is 49.9. The van der Waals surface area contributed by atoms with Crippen LogP contribution in [0.5, 0.6) is 0 Å². The molecular weight excluding hydrogens is 1890 g/mol. The van der Waals surface area contributed by atoms with Crippen molar-refractivity contribution in [1.82, 2.24) is 9.80 Å².